The minimum atomic E-state index is -0.259. The van der Waals surface area contributed by atoms with Crippen LogP contribution < -0.4 is 24.4 Å². The van der Waals surface area contributed by atoms with Crippen LogP contribution in [-0.4, -0.2) is 51.3 Å². The SMILES string of the molecule is COc1ccc(C(=O)Nc2ccccc2N2CCCN(Cc3cc(OC)cc(OC)c3)C2=O)cc1. The highest BCUT2D eigenvalue weighted by atomic mass is 16.5. The van der Waals surface area contributed by atoms with Gasteiger partial charge in [0, 0.05) is 31.3 Å². The van der Waals surface area contributed by atoms with E-state index in [0.29, 0.717) is 53.8 Å². The van der Waals surface area contributed by atoms with Crippen molar-refractivity contribution in [3.05, 3.63) is 77.9 Å². The quantitative estimate of drug-likeness (QED) is 0.506. The number of hydrogen-bond donors (Lipinski definition) is 1. The molecule has 1 saturated heterocycles. The second kappa shape index (κ2) is 10.8. The molecule has 1 aliphatic heterocycles. The molecule has 1 heterocycles. The first kappa shape index (κ1) is 23.9. The van der Waals surface area contributed by atoms with Crippen molar-refractivity contribution >= 4 is 23.3 Å². The number of hydrogen-bond acceptors (Lipinski definition) is 5. The average molecular weight is 476 g/mol. The van der Waals surface area contributed by atoms with Gasteiger partial charge in [-0.1, -0.05) is 12.1 Å². The lowest BCUT2D eigenvalue weighted by atomic mass is 10.1. The summed E-state index contributed by atoms with van der Waals surface area (Å²) in [6.45, 7) is 1.62. The highest BCUT2D eigenvalue weighted by Gasteiger charge is 2.29. The molecule has 0 aliphatic carbocycles. The van der Waals surface area contributed by atoms with Crippen LogP contribution in [0.3, 0.4) is 0 Å². The van der Waals surface area contributed by atoms with Crippen LogP contribution in [0.4, 0.5) is 16.2 Å². The Kier molecular flexibility index (Phi) is 7.40. The maximum Gasteiger partial charge on any atom is 0.324 e. The number of benzene rings is 3. The van der Waals surface area contributed by atoms with Crippen LogP contribution in [0.2, 0.25) is 0 Å². The van der Waals surface area contributed by atoms with Crippen molar-refractivity contribution in [2.45, 2.75) is 13.0 Å². The van der Waals surface area contributed by atoms with E-state index >= 15 is 0 Å². The number of nitrogens with zero attached hydrogens (tertiary/aromatic N) is 2. The lowest BCUT2D eigenvalue weighted by molar-refractivity contribution is 0.102. The Labute approximate surface area is 205 Å². The summed E-state index contributed by atoms with van der Waals surface area (Å²) in [7, 11) is 4.78. The number of methoxy groups -OCH3 is 3. The summed E-state index contributed by atoms with van der Waals surface area (Å²) < 4.78 is 15.9. The Balaban J connectivity index is 1.53. The molecule has 0 bridgehead atoms. The summed E-state index contributed by atoms with van der Waals surface area (Å²) in [5, 5.41) is 2.95. The summed E-state index contributed by atoms with van der Waals surface area (Å²) in [5.74, 6) is 1.76. The molecule has 0 aromatic heterocycles. The van der Waals surface area contributed by atoms with Crippen LogP contribution >= 0.6 is 0 Å². The Morgan fingerprint density at radius 2 is 1.51 bits per heavy atom. The fraction of sp³-hybridized carbons (Fsp3) is 0.259. The van der Waals surface area contributed by atoms with E-state index in [-0.39, 0.29) is 11.9 Å². The number of carbonyl (C=O) groups is 2. The molecule has 3 aromatic carbocycles. The number of nitrogens with one attached hydrogen (secondary N) is 1. The van der Waals surface area contributed by atoms with Crippen molar-refractivity contribution in [2.75, 3.05) is 44.6 Å². The molecular weight excluding hydrogens is 446 g/mol. The summed E-state index contributed by atoms with van der Waals surface area (Å²) in [6.07, 6.45) is 0.799. The van der Waals surface area contributed by atoms with E-state index in [2.05, 4.69) is 5.32 Å². The van der Waals surface area contributed by atoms with Crippen molar-refractivity contribution < 1.29 is 23.8 Å². The topological polar surface area (TPSA) is 80.3 Å². The Morgan fingerprint density at radius 3 is 2.17 bits per heavy atom. The van der Waals surface area contributed by atoms with Crippen LogP contribution in [0, 0.1) is 0 Å². The molecular formula is C27H29N3O5. The molecule has 3 aromatic rings. The van der Waals surface area contributed by atoms with Crippen molar-refractivity contribution in [3.63, 3.8) is 0 Å². The summed E-state index contributed by atoms with van der Waals surface area (Å²) in [6, 6.07) is 19.7. The maximum atomic E-state index is 13.5. The predicted molar refractivity (Wildman–Crippen MR) is 135 cm³/mol. The second-order valence-electron chi connectivity index (χ2n) is 8.13. The molecule has 1 fully saturated rings. The van der Waals surface area contributed by atoms with E-state index in [1.54, 1.807) is 67.5 Å². The molecule has 0 atom stereocenters. The van der Waals surface area contributed by atoms with Crippen LogP contribution in [0.25, 0.3) is 0 Å². The third-order valence-corrected chi connectivity index (χ3v) is 5.89. The fourth-order valence-electron chi connectivity index (χ4n) is 4.08. The molecule has 182 valence electrons. The van der Waals surface area contributed by atoms with E-state index < -0.39 is 0 Å². The molecule has 8 heteroatoms. The zero-order valence-corrected chi connectivity index (χ0v) is 20.1. The van der Waals surface area contributed by atoms with Crippen molar-refractivity contribution in [3.8, 4) is 17.2 Å². The molecule has 4 rings (SSSR count). The van der Waals surface area contributed by atoms with Gasteiger partial charge in [-0.2, -0.15) is 0 Å². The van der Waals surface area contributed by atoms with Gasteiger partial charge in [0.1, 0.15) is 17.2 Å². The Bertz CT molecular complexity index is 1170. The molecule has 0 spiro atoms. The number of urea groups is 1. The first-order valence-corrected chi connectivity index (χ1v) is 11.3. The molecule has 35 heavy (non-hydrogen) atoms. The smallest absolute Gasteiger partial charge is 0.324 e. The highest BCUT2D eigenvalue weighted by Crippen LogP contribution is 2.30. The van der Waals surface area contributed by atoms with Gasteiger partial charge in [0.15, 0.2) is 0 Å². The summed E-state index contributed by atoms with van der Waals surface area (Å²) in [4.78, 5) is 29.9. The van der Waals surface area contributed by atoms with Crippen LogP contribution in [0.15, 0.2) is 66.7 Å². The number of anilines is 2. The van der Waals surface area contributed by atoms with Gasteiger partial charge in [-0.15, -0.1) is 0 Å². The molecule has 1 N–H and O–H groups in total. The Morgan fingerprint density at radius 1 is 0.857 bits per heavy atom. The van der Waals surface area contributed by atoms with E-state index in [0.717, 1.165) is 12.0 Å². The third-order valence-electron chi connectivity index (χ3n) is 5.89. The number of ether oxygens (including phenoxy) is 3. The van der Waals surface area contributed by atoms with Crippen molar-refractivity contribution in [2.24, 2.45) is 0 Å². The minimum Gasteiger partial charge on any atom is -0.497 e. The number of para-hydroxylation sites is 2. The fourth-order valence-corrected chi connectivity index (χ4v) is 4.08. The summed E-state index contributed by atoms with van der Waals surface area (Å²) in [5.41, 5.74) is 2.65. The minimum absolute atomic E-state index is 0.121. The van der Waals surface area contributed by atoms with E-state index in [4.69, 9.17) is 14.2 Å². The molecule has 8 nitrogen and oxygen atoms in total. The monoisotopic (exact) mass is 475 g/mol. The molecule has 0 unspecified atom stereocenters. The normalized spacial score (nSPS) is 13.4. The highest BCUT2D eigenvalue weighted by molar-refractivity contribution is 6.07. The zero-order chi connectivity index (χ0) is 24.8. The lowest BCUT2D eigenvalue weighted by Crippen LogP contribution is -2.49. The van der Waals surface area contributed by atoms with Gasteiger partial charge in [-0.05, 0) is 60.5 Å². The first-order chi connectivity index (χ1) is 17.0. The van der Waals surface area contributed by atoms with Gasteiger partial charge in [0.05, 0.1) is 32.7 Å². The van der Waals surface area contributed by atoms with Gasteiger partial charge in [0.2, 0.25) is 0 Å². The van der Waals surface area contributed by atoms with Crippen LogP contribution in [0.1, 0.15) is 22.3 Å². The lowest BCUT2D eigenvalue weighted by Gasteiger charge is -2.36. The number of rotatable bonds is 8. The molecule has 3 amide bonds. The third kappa shape index (κ3) is 5.48. The first-order valence-electron chi connectivity index (χ1n) is 11.3. The van der Waals surface area contributed by atoms with E-state index in [1.165, 1.54) is 0 Å². The van der Waals surface area contributed by atoms with Gasteiger partial charge < -0.3 is 24.4 Å². The van der Waals surface area contributed by atoms with Crippen molar-refractivity contribution in [1.82, 2.24) is 4.90 Å². The van der Waals surface area contributed by atoms with Crippen LogP contribution in [-0.2, 0) is 6.54 Å². The maximum absolute atomic E-state index is 13.5. The second-order valence-corrected chi connectivity index (χ2v) is 8.13. The Hall–Kier alpha value is -4.20. The van der Waals surface area contributed by atoms with Crippen molar-refractivity contribution in [1.29, 1.82) is 0 Å². The largest absolute Gasteiger partial charge is 0.497 e. The van der Waals surface area contributed by atoms with Gasteiger partial charge in [-0.25, -0.2) is 4.79 Å². The standard InChI is InChI=1S/C27H29N3O5/c1-33-21-11-9-20(10-12-21)26(31)28-24-7-4-5-8-25(24)30-14-6-13-29(27(30)32)18-19-15-22(34-2)17-23(16-19)35-3/h4-5,7-12,15-17H,6,13-14,18H2,1-3H3,(H,28,31). The molecule has 0 radical (unpaired) electrons. The summed E-state index contributed by atoms with van der Waals surface area (Å²) >= 11 is 0. The molecule has 1 aliphatic rings. The van der Waals surface area contributed by atoms with E-state index in [9.17, 15) is 9.59 Å². The van der Waals surface area contributed by atoms with Gasteiger partial charge in [-0.3, -0.25) is 9.69 Å². The van der Waals surface area contributed by atoms with Crippen LogP contribution in [0.5, 0.6) is 17.2 Å². The van der Waals surface area contributed by atoms with E-state index in [1.807, 2.05) is 30.3 Å². The molecule has 0 saturated carbocycles. The van der Waals surface area contributed by atoms with Gasteiger partial charge >= 0.3 is 6.03 Å². The van der Waals surface area contributed by atoms with Gasteiger partial charge in [0.25, 0.3) is 5.91 Å². The zero-order valence-electron chi connectivity index (χ0n) is 20.1. The average Bonchev–Trinajstić information content (AvgIpc) is 2.90. The number of amides is 3. The predicted octanol–water partition coefficient (Wildman–Crippen LogP) is 4.80. The number of carbonyl (C=O) groups excluding carboxylic acids is 2.